The molecule has 1 heterocycles. The van der Waals surface area contributed by atoms with Gasteiger partial charge in [-0.2, -0.15) is 5.10 Å². The Morgan fingerprint density at radius 1 is 1.09 bits per heavy atom. The molecule has 4 rings (SSSR count). The molecule has 0 amide bonds. The van der Waals surface area contributed by atoms with Gasteiger partial charge in [-0.05, 0) is 42.0 Å². The Balaban J connectivity index is 1.64. The number of Topliss-reactive ketones (excluding diaryl/α,β-unsaturated/α-hetero) is 1. The predicted molar refractivity (Wildman–Crippen MR) is 86.4 cm³/mol. The van der Waals surface area contributed by atoms with Crippen LogP contribution >= 0.6 is 0 Å². The second-order valence-corrected chi connectivity index (χ2v) is 5.55. The van der Waals surface area contributed by atoms with Crippen molar-refractivity contribution in [2.45, 2.75) is 6.42 Å². The van der Waals surface area contributed by atoms with Gasteiger partial charge in [-0.15, -0.1) is 0 Å². The van der Waals surface area contributed by atoms with Gasteiger partial charge in [0.05, 0.1) is 11.4 Å². The Morgan fingerprint density at radius 3 is 2.65 bits per heavy atom. The zero-order valence-corrected chi connectivity index (χ0v) is 12.2. The molecule has 4 heteroatoms. The van der Waals surface area contributed by atoms with Crippen molar-refractivity contribution in [2.24, 2.45) is 0 Å². The summed E-state index contributed by atoms with van der Waals surface area (Å²) in [6, 6.07) is 15.7. The molecule has 0 saturated heterocycles. The van der Waals surface area contributed by atoms with E-state index < -0.39 is 0 Å². The number of aromatic nitrogens is 2. The summed E-state index contributed by atoms with van der Waals surface area (Å²) in [7, 11) is 0. The number of aromatic amines is 1. The summed E-state index contributed by atoms with van der Waals surface area (Å²) < 4.78 is 13.0. The number of halogens is 1. The molecule has 0 bridgehead atoms. The van der Waals surface area contributed by atoms with Crippen LogP contribution in [0, 0.1) is 5.82 Å². The van der Waals surface area contributed by atoms with Crippen molar-refractivity contribution >= 4 is 11.9 Å². The molecule has 0 atom stereocenters. The van der Waals surface area contributed by atoms with Gasteiger partial charge in [0, 0.05) is 23.1 Å². The van der Waals surface area contributed by atoms with E-state index in [-0.39, 0.29) is 11.6 Å². The normalized spacial score (nSPS) is 15.2. The van der Waals surface area contributed by atoms with Gasteiger partial charge in [0.15, 0.2) is 5.78 Å². The van der Waals surface area contributed by atoms with Crippen molar-refractivity contribution in [3.63, 3.8) is 0 Å². The highest BCUT2D eigenvalue weighted by Crippen LogP contribution is 2.28. The summed E-state index contributed by atoms with van der Waals surface area (Å²) in [5.41, 5.74) is 4.90. The topological polar surface area (TPSA) is 45.8 Å². The van der Waals surface area contributed by atoms with Crippen molar-refractivity contribution in [2.75, 3.05) is 0 Å². The number of ketones is 1. The van der Waals surface area contributed by atoms with Crippen molar-refractivity contribution in [1.29, 1.82) is 0 Å². The molecule has 1 N–H and O–H groups in total. The van der Waals surface area contributed by atoms with Gasteiger partial charge >= 0.3 is 0 Å². The Bertz CT molecular complexity index is 923. The third kappa shape index (κ3) is 2.48. The number of H-pyrrole nitrogens is 1. The van der Waals surface area contributed by atoms with Crippen LogP contribution in [0.2, 0.25) is 0 Å². The lowest BCUT2D eigenvalue weighted by atomic mass is 10.1. The smallest absolute Gasteiger partial charge is 0.189 e. The molecule has 1 aliphatic rings. The standard InChI is InChI=1S/C19H13FN2O/c20-15-7-5-12(6-8-15)18-11-16(21-22-18)10-14-9-13-3-1-2-4-17(13)19(14)23/h1-8,10-11H,9H2,(H,21,22). The third-order valence-corrected chi connectivity index (χ3v) is 4.00. The molecule has 3 nitrogen and oxygen atoms in total. The van der Waals surface area contributed by atoms with E-state index in [1.165, 1.54) is 12.1 Å². The number of nitrogens with zero attached hydrogens (tertiary/aromatic N) is 1. The van der Waals surface area contributed by atoms with Gasteiger partial charge in [-0.1, -0.05) is 24.3 Å². The number of benzene rings is 2. The second kappa shape index (κ2) is 5.32. The Hall–Kier alpha value is -3.01. The minimum Gasteiger partial charge on any atom is -0.289 e. The average Bonchev–Trinajstić information content (AvgIpc) is 3.15. The van der Waals surface area contributed by atoms with Gasteiger partial charge < -0.3 is 0 Å². The predicted octanol–water partition coefficient (Wildman–Crippen LogP) is 4.04. The number of rotatable bonds is 2. The van der Waals surface area contributed by atoms with E-state index in [9.17, 15) is 9.18 Å². The third-order valence-electron chi connectivity index (χ3n) is 4.00. The second-order valence-electron chi connectivity index (χ2n) is 5.55. The maximum Gasteiger partial charge on any atom is 0.189 e. The fourth-order valence-corrected chi connectivity index (χ4v) is 2.84. The molecule has 2 aromatic carbocycles. The number of carbonyl (C=O) groups excluding carboxylic acids is 1. The number of fused-ring (bicyclic) bond motifs is 1. The first-order chi connectivity index (χ1) is 11.2. The number of hydrogen-bond donors (Lipinski definition) is 1. The first-order valence-corrected chi connectivity index (χ1v) is 7.35. The summed E-state index contributed by atoms with van der Waals surface area (Å²) >= 11 is 0. The summed E-state index contributed by atoms with van der Waals surface area (Å²) in [6.07, 6.45) is 2.47. The lowest BCUT2D eigenvalue weighted by Gasteiger charge is -1.94. The van der Waals surface area contributed by atoms with E-state index in [0.717, 1.165) is 33.7 Å². The molecular formula is C19H13FN2O. The van der Waals surface area contributed by atoms with E-state index in [2.05, 4.69) is 10.2 Å². The molecular weight excluding hydrogens is 291 g/mol. The van der Waals surface area contributed by atoms with Gasteiger partial charge in [-0.3, -0.25) is 9.89 Å². The van der Waals surface area contributed by atoms with Crippen LogP contribution in [-0.2, 0) is 6.42 Å². The van der Waals surface area contributed by atoms with Crippen molar-refractivity contribution in [3.8, 4) is 11.3 Å². The molecule has 23 heavy (non-hydrogen) atoms. The van der Waals surface area contributed by atoms with Gasteiger partial charge in [0.2, 0.25) is 0 Å². The number of nitrogens with one attached hydrogen (secondary N) is 1. The van der Waals surface area contributed by atoms with Gasteiger partial charge in [0.1, 0.15) is 5.82 Å². The molecule has 0 aliphatic heterocycles. The van der Waals surface area contributed by atoms with Gasteiger partial charge in [-0.25, -0.2) is 4.39 Å². The maximum atomic E-state index is 13.0. The monoisotopic (exact) mass is 304 g/mol. The number of carbonyl (C=O) groups is 1. The zero-order chi connectivity index (χ0) is 15.8. The first kappa shape index (κ1) is 13.6. The minimum atomic E-state index is -0.277. The summed E-state index contributed by atoms with van der Waals surface area (Å²) in [4.78, 5) is 12.4. The highest BCUT2D eigenvalue weighted by molar-refractivity contribution is 6.15. The van der Waals surface area contributed by atoms with Crippen LogP contribution in [0.15, 0.2) is 60.2 Å². The molecule has 0 saturated carbocycles. The molecule has 1 aromatic heterocycles. The molecule has 0 unspecified atom stereocenters. The highest BCUT2D eigenvalue weighted by Gasteiger charge is 2.24. The Kier molecular flexibility index (Phi) is 3.15. The molecule has 3 aromatic rings. The van der Waals surface area contributed by atoms with E-state index in [4.69, 9.17) is 0 Å². The van der Waals surface area contributed by atoms with E-state index in [1.54, 1.807) is 12.1 Å². The van der Waals surface area contributed by atoms with Crippen molar-refractivity contribution < 1.29 is 9.18 Å². The molecule has 0 fully saturated rings. The lowest BCUT2D eigenvalue weighted by molar-refractivity contribution is 0.104. The van der Waals surface area contributed by atoms with Crippen LogP contribution < -0.4 is 0 Å². The fraction of sp³-hybridized carbons (Fsp3) is 0.0526. The van der Waals surface area contributed by atoms with E-state index in [1.807, 2.05) is 36.4 Å². The Morgan fingerprint density at radius 2 is 1.87 bits per heavy atom. The van der Waals surface area contributed by atoms with Crippen LogP contribution in [0.4, 0.5) is 4.39 Å². The number of allylic oxidation sites excluding steroid dienone is 1. The SMILES string of the molecule is O=C1C(=Cc2cc(-c3ccc(F)cc3)n[nH]2)Cc2ccccc21. The van der Waals surface area contributed by atoms with Crippen LogP contribution in [0.25, 0.3) is 17.3 Å². The minimum absolute atomic E-state index is 0.0681. The van der Waals surface area contributed by atoms with E-state index >= 15 is 0 Å². The largest absolute Gasteiger partial charge is 0.289 e. The molecule has 0 spiro atoms. The van der Waals surface area contributed by atoms with Crippen LogP contribution in [0.1, 0.15) is 21.6 Å². The lowest BCUT2D eigenvalue weighted by Crippen LogP contribution is -1.94. The van der Waals surface area contributed by atoms with Crippen molar-refractivity contribution in [3.05, 3.63) is 82.8 Å². The van der Waals surface area contributed by atoms with Gasteiger partial charge in [0.25, 0.3) is 0 Å². The summed E-state index contributed by atoms with van der Waals surface area (Å²) in [5.74, 6) is -0.209. The fourth-order valence-electron chi connectivity index (χ4n) is 2.84. The summed E-state index contributed by atoms with van der Waals surface area (Å²) in [5, 5.41) is 7.15. The molecule has 0 radical (unpaired) electrons. The maximum absolute atomic E-state index is 13.0. The van der Waals surface area contributed by atoms with Crippen LogP contribution in [0.3, 0.4) is 0 Å². The first-order valence-electron chi connectivity index (χ1n) is 7.35. The summed E-state index contributed by atoms with van der Waals surface area (Å²) in [6.45, 7) is 0. The average molecular weight is 304 g/mol. The van der Waals surface area contributed by atoms with E-state index in [0.29, 0.717) is 6.42 Å². The number of hydrogen-bond acceptors (Lipinski definition) is 2. The van der Waals surface area contributed by atoms with Crippen LogP contribution in [0.5, 0.6) is 0 Å². The van der Waals surface area contributed by atoms with Crippen LogP contribution in [-0.4, -0.2) is 16.0 Å². The molecule has 1 aliphatic carbocycles. The molecule has 112 valence electrons. The quantitative estimate of drug-likeness (QED) is 0.726. The van der Waals surface area contributed by atoms with Crippen molar-refractivity contribution in [1.82, 2.24) is 10.2 Å². The Labute approximate surface area is 132 Å². The highest BCUT2D eigenvalue weighted by atomic mass is 19.1. The zero-order valence-electron chi connectivity index (χ0n) is 12.2.